The number of aliphatic carboxylic acids is 1. The molecule has 0 aliphatic rings. The molecule has 0 aromatic rings. The second kappa shape index (κ2) is 30.0. The number of ether oxygens (including phenoxy) is 1. The number of hydrogen-bond donors (Lipinski definition) is 1. The van der Waals surface area contributed by atoms with E-state index in [4.69, 9.17) is 9.84 Å². The molecule has 0 heterocycles. The van der Waals surface area contributed by atoms with Crippen LogP contribution in [0.3, 0.4) is 0 Å². The summed E-state index contributed by atoms with van der Waals surface area (Å²) >= 11 is 0. The van der Waals surface area contributed by atoms with Crippen molar-refractivity contribution in [2.45, 2.75) is 180 Å². The van der Waals surface area contributed by atoms with Gasteiger partial charge in [0, 0.05) is 12.8 Å². The van der Waals surface area contributed by atoms with Gasteiger partial charge in [0.2, 0.25) is 0 Å². The molecule has 222 valence electrons. The fourth-order valence-electron chi connectivity index (χ4n) is 4.74. The van der Waals surface area contributed by atoms with E-state index < -0.39 is 5.97 Å². The third-order valence-corrected chi connectivity index (χ3v) is 7.18. The highest BCUT2D eigenvalue weighted by atomic mass is 16.5. The van der Waals surface area contributed by atoms with Gasteiger partial charge in [-0.1, -0.05) is 115 Å². The Kier molecular flexibility index (Phi) is 28.7. The normalized spacial score (nSPS) is 12.5. The largest absolute Gasteiger partial charge is 0.481 e. The van der Waals surface area contributed by atoms with Crippen LogP contribution >= 0.6 is 0 Å². The minimum absolute atomic E-state index is 0.0179. The molecule has 0 aromatic heterocycles. The molecule has 0 rings (SSSR count). The number of carboxylic acids is 1. The Labute approximate surface area is 236 Å². The van der Waals surface area contributed by atoms with E-state index >= 15 is 0 Å². The fraction of sp³-hybridized carbons (Fsp3) is 0.824. The van der Waals surface area contributed by atoms with E-state index in [1.807, 2.05) is 0 Å². The number of carbonyl (C=O) groups is 2. The zero-order valence-electron chi connectivity index (χ0n) is 25.2. The van der Waals surface area contributed by atoms with Gasteiger partial charge in [-0.25, -0.2) is 0 Å². The van der Waals surface area contributed by atoms with Crippen LogP contribution in [0.2, 0.25) is 0 Å². The van der Waals surface area contributed by atoms with Gasteiger partial charge in [-0.05, 0) is 70.6 Å². The van der Waals surface area contributed by atoms with Gasteiger partial charge in [0.25, 0.3) is 0 Å². The summed E-state index contributed by atoms with van der Waals surface area (Å²) in [5.74, 6) is -0.722. The van der Waals surface area contributed by atoms with Crippen LogP contribution in [0.4, 0.5) is 0 Å². The molecule has 0 saturated carbocycles. The van der Waals surface area contributed by atoms with E-state index in [9.17, 15) is 9.59 Å². The quantitative estimate of drug-likeness (QED) is 0.0589. The second-order valence-electron chi connectivity index (χ2n) is 11.0. The summed E-state index contributed by atoms with van der Waals surface area (Å²) in [6, 6.07) is 0. The summed E-state index contributed by atoms with van der Waals surface area (Å²) in [6.07, 6.45) is 36.2. The Hall–Kier alpha value is -1.58. The summed E-state index contributed by atoms with van der Waals surface area (Å²) in [6.45, 7) is 4.47. The molecule has 0 amide bonds. The maximum absolute atomic E-state index is 12.5. The third-order valence-electron chi connectivity index (χ3n) is 7.18. The van der Waals surface area contributed by atoms with Gasteiger partial charge in [0.15, 0.2) is 0 Å². The first kappa shape index (κ1) is 36.4. The maximum atomic E-state index is 12.5. The number of allylic oxidation sites excluding steroid dienone is 4. The Balaban J connectivity index is 3.92. The first-order valence-electron chi connectivity index (χ1n) is 16.3. The van der Waals surface area contributed by atoms with E-state index in [1.54, 1.807) is 0 Å². The van der Waals surface area contributed by atoms with Crippen LogP contribution in [0.5, 0.6) is 0 Å². The van der Waals surface area contributed by atoms with Crippen molar-refractivity contribution in [2.24, 2.45) is 0 Å². The standard InChI is InChI=1S/C34H62O4/c1-3-5-7-9-10-11-12-13-14-15-16-17-18-23-27-31-34(37)38-32(28-24-20-8-6-4-2)29-25-21-19-22-26-30-33(35)36/h10-11,13-14,32H,3-9,12,15-31H2,1-2H3,(H,35,36)/b11-10-,14-13-. The topological polar surface area (TPSA) is 63.6 Å². The number of carboxylic acid groups (broad SMARTS) is 1. The van der Waals surface area contributed by atoms with Crippen molar-refractivity contribution in [1.82, 2.24) is 0 Å². The van der Waals surface area contributed by atoms with Crippen molar-refractivity contribution >= 4 is 11.9 Å². The van der Waals surface area contributed by atoms with Crippen LogP contribution in [0, 0.1) is 0 Å². The van der Waals surface area contributed by atoms with Crippen LogP contribution in [-0.4, -0.2) is 23.1 Å². The highest BCUT2D eigenvalue weighted by molar-refractivity contribution is 5.69. The lowest BCUT2D eigenvalue weighted by Crippen LogP contribution is -2.18. The third kappa shape index (κ3) is 29.0. The van der Waals surface area contributed by atoms with E-state index in [2.05, 4.69) is 38.2 Å². The number of rotatable bonds is 29. The van der Waals surface area contributed by atoms with Gasteiger partial charge in [-0.2, -0.15) is 0 Å². The average molecular weight is 535 g/mol. The molecule has 1 N–H and O–H groups in total. The van der Waals surface area contributed by atoms with E-state index in [-0.39, 0.29) is 18.5 Å². The molecule has 0 spiro atoms. The van der Waals surface area contributed by atoms with Crippen molar-refractivity contribution in [3.8, 4) is 0 Å². The van der Waals surface area contributed by atoms with E-state index in [0.717, 1.165) is 77.0 Å². The molecule has 0 radical (unpaired) electrons. The Morgan fingerprint density at radius 3 is 1.61 bits per heavy atom. The van der Waals surface area contributed by atoms with Crippen molar-refractivity contribution in [3.05, 3.63) is 24.3 Å². The lowest BCUT2D eigenvalue weighted by molar-refractivity contribution is -0.150. The molecular weight excluding hydrogens is 472 g/mol. The Morgan fingerprint density at radius 2 is 1.03 bits per heavy atom. The van der Waals surface area contributed by atoms with Crippen LogP contribution in [0.1, 0.15) is 174 Å². The first-order chi connectivity index (χ1) is 18.6. The molecule has 1 atom stereocenters. The molecule has 0 fully saturated rings. The van der Waals surface area contributed by atoms with Crippen molar-refractivity contribution < 1.29 is 19.4 Å². The van der Waals surface area contributed by atoms with E-state index in [1.165, 1.54) is 70.6 Å². The Morgan fingerprint density at radius 1 is 0.579 bits per heavy atom. The van der Waals surface area contributed by atoms with Gasteiger partial charge in [0.05, 0.1) is 0 Å². The van der Waals surface area contributed by atoms with Crippen LogP contribution in [0.25, 0.3) is 0 Å². The molecule has 0 aliphatic carbocycles. The monoisotopic (exact) mass is 534 g/mol. The van der Waals surface area contributed by atoms with Crippen molar-refractivity contribution in [2.75, 3.05) is 0 Å². The predicted molar refractivity (Wildman–Crippen MR) is 163 cm³/mol. The van der Waals surface area contributed by atoms with Crippen molar-refractivity contribution in [1.29, 1.82) is 0 Å². The molecule has 0 bridgehead atoms. The fourth-order valence-corrected chi connectivity index (χ4v) is 4.74. The Bertz CT molecular complexity index is 581. The smallest absolute Gasteiger partial charge is 0.306 e. The maximum Gasteiger partial charge on any atom is 0.306 e. The van der Waals surface area contributed by atoms with Crippen LogP contribution in [-0.2, 0) is 14.3 Å². The highest BCUT2D eigenvalue weighted by Crippen LogP contribution is 2.18. The predicted octanol–water partition coefficient (Wildman–Crippen LogP) is 10.9. The molecule has 0 aromatic carbocycles. The zero-order chi connectivity index (χ0) is 27.9. The first-order valence-corrected chi connectivity index (χ1v) is 16.3. The number of unbranched alkanes of at least 4 members (excludes halogenated alkanes) is 16. The van der Waals surface area contributed by atoms with Gasteiger partial charge >= 0.3 is 11.9 Å². The molecule has 4 nitrogen and oxygen atoms in total. The number of hydrogen-bond acceptors (Lipinski definition) is 3. The molecule has 4 heteroatoms. The number of carbonyl (C=O) groups excluding carboxylic acids is 1. The van der Waals surface area contributed by atoms with Crippen LogP contribution in [0.15, 0.2) is 24.3 Å². The van der Waals surface area contributed by atoms with E-state index in [0.29, 0.717) is 6.42 Å². The zero-order valence-corrected chi connectivity index (χ0v) is 25.2. The number of esters is 1. The highest BCUT2D eigenvalue weighted by Gasteiger charge is 2.14. The lowest BCUT2D eigenvalue weighted by atomic mass is 10.0. The lowest BCUT2D eigenvalue weighted by Gasteiger charge is -2.18. The molecule has 0 aliphatic heterocycles. The van der Waals surface area contributed by atoms with Gasteiger partial charge in [-0.3, -0.25) is 9.59 Å². The van der Waals surface area contributed by atoms with Gasteiger partial charge < -0.3 is 9.84 Å². The van der Waals surface area contributed by atoms with Gasteiger partial charge in [0.1, 0.15) is 6.10 Å². The SMILES string of the molecule is CCCCC/C=C\C/C=C\CCCCCCCC(=O)OC(CCCCCCC)CCCCCCCC(=O)O. The minimum atomic E-state index is -0.704. The van der Waals surface area contributed by atoms with Gasteiger partial charge in [-0.15, -0.1) is 0 Å². The summed E-state index contributed by atoms with van der Waals surface area (Å²) in [4.78, 5) is 23.1. The summed E-state index contributed by atoms with van der Waals surface area (Å²) < 4.78 is 5.90. The molecule has 0 saturated heterocycles. The summed E-state index contributed by atoms with van der Waals surface area (Å²) in [5.41, 5.74) is 0. The minimum Gasteiger partial charge on any atom is -0.481 e. The summed E-state index contributed by atoms with van der Waals surface area (Å²) in [7, 11) is 0. The average Bonchev–Trinajstić information content (AvgIpc) is 2.89. The molecular formula is C34H62O4. The second-order valence-corrected chi connectivity index (χ2v) is 11.0. The van der Waals surface area contributed by atoms with Crippen molar-refractivity contribution in [3.63, 3.8) is 0 Å². The molecule has 1 unspecified atom stereocenters. The van der Waals surface area contributed by atoms with Crippen LogP contribution < -0.4 is 0 Å². The summed E-state index contributed by atoms with van der Waals surface area (Å²) in [5, 5.41) is 8.74. The molecule has 38 heavy (non-hydrogen) atoms.